The summed E-state index contributed by atoms with van der Waals surface area (Å²) in [7, 11) is 0. The molecule has 2 heterocycles. The second-order valence-electron chi connectivity index (χ2n) is 9.24. The number of nitrogens with zero attached hydrogens (tertiary/aromatic N) is 1. The van der Waals surface area contributed by atoms with Crippen molar-refractivity contribution in [1.29, 1.82) is 0 Å². The number of aliphatic hydroxyl groups is 1. The summed E-state index contributed by atoms with van der Waals surface area (Å²) in [4.78, 5) is 27.6. The van der Waals surface area contributed by atoms with Crippen LogP contribution in [-0.2, 0) is 21.5 Å². The molecule has 32 heavy (non-hydrogen) atoms. The molecule has 3 aromatic rings. The van der Waals surface area contributed by atoms with Crippen LogP contribution < -0.4 is 0 Å². The predicted molar refractivity (Wildman–Crippen MR) is 123 cm³/mol. The number of hydrogen-bond donors (Lipinski definition) is 1. The minimum atomic E-state index is -0.713. The van der Waals surface area contributed by atoms with Crippen molar-refractivity contribution in [3.05, 3.63) is 101 Å². The van der Waals surface area contributed by atoms with Gasteiger partial charge < -0.3 is 14.4 Å². The first-order chi connectivity index (χ1) is 15.2. The predicted octanol–water partition coefficient (Wildman–Crippen LogP) is 5.51. The van der Waals surface area contributed by atoms with Crippen molar-refractivity contribution in [1.82, 2.24) is 4.90 Å². The maximum Gasteiger partial charge on any atom is 0.296 e. The SMILES string of the molecule is Cc1ccc(/C(O)=C2\C(=O)C(=O)N(Cc3ccco3)[C@H]2c2ccc(C(C)(C)C)cc2)cc1. The Hall–Kier alpha value is -3.60. The number of hydrogen-bond acceptors (Lipinski definition) is 4. The van der Waals surface area contributed by atoms with Crippen molar-refractivity contribution in [2.24, 2.45) is 0 Å². The third-order valence-electron chi connectivity index (χ3n) is 5.86. The van der Waals surface area contributed by atoms with Gasteiger partial charge in [-0.2, -0.15) is 0 Å². The van der Waals surface area contributed by atoms with Crippen LogP contribution in [0.5, 0.6) is 0 Å². The molecule has 0 bridgehead atoms. The highest BCUT2D eigenvalue weighted by Gasteiger charge is 2.46. The smallest absolute Gasteiger partial charge is 0.296 e. The summed E-state index contributed by atoms with van der Waals surface area (Å²) in [6.07, 6.45) is 1.53. The van der Waals surface area contributed by atoms with Gasteiger partial charge in [-0.3, -0.25) is 9.59 Å². The summed E-state index contributed by atoms with van der Waals surface area (Å²) in [5.74, 6) is -0.951. The number of rotatable bonds is 4. The highest BCUT2D eigenvalue weighted by Crippen LogP contribution is 2.40. The molecule has 1 N–H and O–H groups in total. The van der Waals surface area contributed by atoms with E-state index in [1.807, 2.05) is 43.3 Å². The average Bonchev–Trinajstić information content (AvgIpc) is 3.36. The zero-order chi connectivity index (χ0) is 23.0. The monoisotopic (exact) mass is 429 g/mol. The van der Waals surface area contributed by atoms with E-state index in [0.29, 0.717) is 11.3 Å². The highest BCUT2D eigenvalue weighted by molar-refractivity contribution is 6.46. The van der Waals surface area contributed by atoms with E-state index in [1.165, 1.54) is 11.2 Å². The minimum absolute atomic E-state index is 0.0313. The van der Waals surface area contributed by atoms with Crippen LogP contribution in [0, 0.1) is 6.92 Å². The van der Waals surface area contributed by atoms with E-state index < -0.39 is 17.7 Å². The van der Waals surface area contributed by atoms with E-state index in [9.17, 15) is 14.7 Å². The molecule has 1 aromatic heterocycles. The lowest BCUT2D eigenvalue weighted by atomic mass is 9.85. The summed E-state index contributed by atoms with van der Waals surface area (Å²) in [6.45, 7) is 8.46. The van der Waals surface area contributed by atoms with Crippen molar-refractivity contribution < 1.29 is 19.1 Å². The molecule has 1 amide bonds. The summed E-state index contributed by atoms with van der Waals surface area (Å²) in [5, 5.41) is 11.1. The fourth-order valence-electron chi connectivity index (χ4n) is 3.99. The molecule has 0 radical (unpaired) electrons. The Labute approximate surface area is 188 Å². The first-order valence-electron chi connectivity index (χ1n) is 10.6. The molecule has 1 aliphatic rings. The van der Waals surface area contributed by atoms with E-state index in [4.69, 9.17) is 4.42 Å². The van der Waals surface area contributed by atoms with Gasteiger partial charge in [-0.1, -0.05) is 74.9 Å². The molecule has 164 valence electrons. The standard InChI is InChI=1S/C27H27NO4/c1-17-7-9-19(10-8-17)24(29)22-23(18-11-13-20(14-12-18)27(2,3)4)28(26(31)25(22)30)16-21-6-5-15-32-21/h5-15,23,29H,16H2,1-4H3/b24-22+/t23-/m0/s1. The van der Waals surface area contributed by atoms with Crippen molar-refractivity contribution in [2.45, 2.75) is 45.7 Å². The fourth-order valence-corrected chi connectivity index (χ4v) is 3.99. The van der Waals surface area contributed by atoms with Crippen LogP contribution in [0.1, 0.15) is 54.8 Å². The first kappa shape index (κ1) is 21.6. The molecule has 2 aromatic carbocycles. The second kappa shape index (κ2) is 8.15. The molecule has 0 aliphatic carbocycles. The molecular weight excluding hydrogens is 402 g/mol. The lowest BCUT2D eigenvalue weighted by Crippen LogP contribution is -2.29. The first-order valence-corrected chi connectivity index (χ1v) is 10.6. The largest absolute Gasteiger partial charge is 0.507 e. The fraction of sp³-hybridized carbons (Fsp3) is 0.259. The van der Waals surface area contributed by atoms with Crippen LogP contribution in [0.2, 0.25) is 0 Å². The summed E-state index contributed by atoms with van der Waals surface area (Å²) in [5.41, 5.74) is 3.50. The van der Waals surface area contributed by atoms with E-state index in [1.54, 1.807) is 24.3 Å². The highest BCUT2D eigenvalue weighted by atomic mass is 16.3. The van der Waals surface area contributed by atoms with E-state index in [2.05, 4.69) is 20.8 Å². The molecule has 1 fully saturated rings. The van der Waals surface area contributed by atoms with E-state index in [-0.39, 0.29) is 23.3 Å². The van der Waals surface area contributed by atoms with Crippen molar-refractivity contribution >= 4 is 17.4 Å². The number of ketones is 1. The summed E-state index contributed by atoms with van der Waals surface area (Å²) >= 11 is 0. The Morgan fingerprint density at radius 2 is 1.66 bits per heavy atom. The van der Waals surface area contributed by atoms with Gasteiger partial charge in [0, 0.05) is 5.56 Å². The number of amides is 1. The normalized spacial score (nSPS) is 18.4. The van der Waals surface area contributed by atoms with E-state index >= 15 is 0 Å². The van der Waals surface area contributed by atoms with Crippen LogP contribution in [0.4, 0.5) is 0 Å². The maximum atomic E-state index is 13.1. The van der Waals surface area contributed by atoms with Crippen LogP contribution in [0.25, 0.3) is 5.76 Å². The number of furan rings is 1. The van der Waals surface area contributed by atoms with Gasteiger partial charge in [0.15, 0.2) is 0 Å². The number of aliphatic hydroxyl groups excluding tert-OH is 1. The molecule has 5 nitrogen and oxygen atoms in total. The summed E-state index contributed by atoms with van der Waals surface area (Å²) < 4.78 is 5.44. The lowest BCUT2D eigenvalue weighted by molar-refractivity contribution is -0.140. The van der Waals surface area contributed by atoms with Gasteiger partial charge in [0.05, 0.1) is 24.4 Å². The summed E-state index contributed by atoms with van der Waals surface area (Å²) in [6, 6.07) is 17.9. The van der Waals surface area contributed by atoms with Crippen LogP contribution >= 0.6 is 0 Å². The van der Waals surface area contributed by atoms with Gasteiger partial charge in [-0.05, 0) is 35.6 Å². The number of likely N-dealkylation sites (tertiary alicyclic amines) is 1. The van der Waals surface area contributed by atoms with Gasteiger partial charge in [0.25, 0.3) is 11.7 Å². The van der Waals surface area contributed by atoms with Crippen molar-refractivity contribution in [3.63, 3.8) is 0 Å². The number of carbonyl (C=O) groups excluding carboxylic acids is 2. The number of benzene rings is 2. The molecule has 4 rings (SSSR count). The van der Waals surface area contributed by atoms with E-state index in [0.717, 1.165) is 16.7 Å². The van der Waals surface area contributed by atoms with Gasteiger partial charge in [0.2, 0.25) is 0 Å². The molecular formula is C27H27NO4. The quantitative estimate of drug-likeness (QED) is 0.337. The Bertz CT molecular complexity index is 1160. The third kappa shape index (κ3) is 3.98. The minimum Gasteiger partial charge on any atom is -0.507 e. The van der Waals surface area contributed by atoms with Gasteiger partial charge in [-0.25, -0.2) is 0 Å². The Morgan fingerprint density at radius 1 is 1.00 bits per heavy atom. The van der Waals surface area contributed by atoms with Crippen LogP contribution in [0.15, 0.2) is 76.9 Å². The molecule has 1 aliphatic heterocycles. The van der Waals surface area contributed by atoms with Crippen molar-refractivity contribution in [3.8, 4) is 0 Å². The Morgan fingerprint density at radius 3 is 2.22 bits per heavy atom. The van der Waals surface area contributed by atoms with Crippen LogP contribution in [0.3, 0.4) is 0 Å². The number of aryl methyl sites for hydroxylation is 1. The average molecular weight is 430 g/mol. The lowest BCUT2D eigenvalue weighted by Gasteiger charge is -2.26. The number of carbonyl (C=O) groups is 2. The molecule has 1 atom stereocenters. The Balaban J connectivity index is 1.85. The topological polar surface area (TPSA) is 70.8 Å². The van der Waals surface area contributed by atoms with Crippen molar-refractivity contribution in [2.75, 3.05) is 0 Å². The maximum absolute atomic E-state index is 13.1. The molecule has 0 saturated carbocycles. The van der Waals surface area contributed by atoms with Gasteiger partial charge in [-0.15, -0.1) is 0 Å². The zero-order valence-corrected chi connectivity index (χ0v) is 18.8. The third-order valence-corrected chi connectivity index (χ3v) is 5.86. The van der Waals surface area contributed by atoms with Gasteiger partial charge >= 0.3 is 0 Å². The molecule has 5 heteroatoms. The molecule has 0 spiro atoms. The number of Topliss-reactive ketones (excluding diaryl/α,β-unsaturated/α-hetero) is 1. The van der Waals surface area contributed by atoms with Gasteiger partial charge in [0.1, 0.15) is 11.5 Å². The Kier molecular flexibility index (Phi) is 5.51. The second-order valence-corrected chi connectivity index (χ2v) is 9.24. The molecule has 1 saturated heterocycles. The zero-order valence-electron chi connectivity index (χ0n) is 18.8. The van der Waals surface area contributed by atoms with Crippen LogP contribution in [-0.4, -0.2) is 21.7 Å². The molecule has 0 unspecified atom stereocenters.